The molecule has 0 saturated carbocycles. The van der Waals surface area contributed by atoms with Gasteiger partial charge in [0.15, 0.2) is 0 Å². The highest BCUT2D eigenvalue weighted by Crippen LogP contribution is 2.35. The van der Waals surface area contributed by atoms with Gasteiger partial charge in [0.1, 0.15) is 5.82 Å². The van der Waals surface area contributed by atoms with Crippen LogP contribution < -0.4 is 10.6 Å². The zero-order valence-electron chi connectivity index (χ0n) is 15.7. The number of unbranched alkanes of at least 4 members (excludes halogenated alkanes) is 1. The first-order chi connectivity index (χ1) is 13.1. The molecule has 2 N–H and O–H groups in total. The van der Waals surface area contributed by atoms with Crippen molar-refractivity contribution in [1.82, 2.24) is 10.2 Å². The summed E-state index contributed by atoms with van der Waals surface area (Å²) < 4.78 is 12.8. The minimum absolute atomic E-state index is 0.212. The Morgan fingerprint density at radius 1 is 1.11 bits per heavy atom. The predicted octanol–water partition coefficient (Wildman–Crippen LogP) is 4.42. The fourth-order valence-electron chi connectivity index (χ4n) is 3.89. The van der Waals surface area contributed by atoms with Crippen LogP contribution in [0, 0.1) is 11.7 Å². The summed E-state index contributed by atoms with van der Waals surface area (Å²) in [6.07, 6.45) is 10.1. The zero-order chi connectivity index (χ0) is 19.1. The van der Waals surface area contributed by atoms with Crippen molar-refractivity contribution in [2.45, 2.75) is 51.4 Å². The molecule has 1 aromatic rings. The second-order valence-electron chi connectivity index (χ2n) is 7.29. The SMILES string of the molecule is O=C(NCCCCC(=O)N1CCCC2CCCC=C21)Nc1ccc(F)cc1. The highest BCUT2D eigenvalue weighted by molar-refractivity contribution is 5.89. The summed E-state index contributed by atoms with van der Waals surface area (Å²) in [5.41, 5.74) is 1.80. The maximum absolute atomic E-state index is 12.8. The third kappa shape index (κ3) is 5.55. The maximum Gasteiger partial charge on any atom is 0.319 e. The molecule has 0 radical (unpaired) electrons. The van der Waals surface area contributed by atoms with E-state index in [0.29, 0.717) is 24.6 Å². The van der Waals surface area contributed by atoms with Gasteiger partial charge in [0.05, 0.1) is 0 Å². The number of likely N-dealkylation sites (tertiary alicyclic amines) is 1. The van der Waals surface area contributed by atoms with Crippen LogP contribution in [-0.2, 0) is 4.79 Å². The number of urea groups is 1. The largest absolute Gasteiger partial charge is 0.338 e. The smallest absolute Gasteiger partial charge is 0.319 e. The molecule has 0 bridgehead atoms. The van der Waals surface area contributed by atoms with Crippen molar-refractivity contribution >= 4 is 17.6 Å². The molecular formula is C21H28FN3O2. The summed E-state index contributed by atoms with van der Waals surface area (Å²) in [6.45, 7) is 1.35. The predicted molar refractivity (Wildman–Crippen MR) is 104 cm³/mol. The van der Waals surface area contributed by atoms with E-state index in [1.54, 1.807) is 0 Å². The van der Waals surface area contributed by atoms with E-state index in [1.165, 1.54) is 49.2 Å². The Morgan fingerprint density at radius 3 is 2.70 bits per heavy atom. The van der Waals surface area contributed by atoms with E-state index in [0.717, 1.165) is 32.2 Å². The zero-order valence-corrected chi connectivity index (χ0v) is 15.7. The number of allylic oxidation sites excluding steroid dienone is 2. The van der Waals surface area contributed by atoms with Gasteiger partial charge in [0.2, 0.25) is 5.91 Å². The van der Waals surface area contributed by atoms with Crippen molar-refractivity contribution in [1.29, 1.82) is 0 Å². The summed E-state index contributed by atoms with van der Waals surface area (Å²) in [5.74, 6) is 0.450. The molecule has 6 heteroatoms. The van der Waals surface area contributed by atoms with Gasteiger partial charge in [-0.15, -0.1) is 0 Å². The standard InChI is InChI=1S/C21H28FN3O2/c22-17-10-12-18(13-11-17)24-21(27)23-14-4-3-9-20(26)25-15-5-7-16-6-1-2-8-19(16)25/h8,10-13,16H,1-7,9,14-15H2,(H2,23,24,27). The molecule has 1 atom stereocenters. The molecule has 3 amide bonds. The minimum atomic E-state index is -0.338. The van der Waals surface area contributed by atoms with Crippen molar-refractivity contribution in [3.63, 3.8) is 0 Å². The molecular weight excluding hydrogens is 345 g/mol. The summed E-state index contributed by atoms with van der Waals surface area (Å²) in [5, 5.41) is 5.42. The Kier molecular flexibility index (Phi) is 6.85. The molecule has 1 fully saturated rings. The van der Waals surface area contributed by atoms with Gasteiger partial charge in [-0.3, -0.25) is 4.79 Å². The van der Waals surface area contributed by atoms with Crippen LogP contribution in [0.5, 0.6) is 0 Å². The number of carbonyl (C=O) groups is 2. The monoisotopic (exact) mass is 373 g/mol. The number of rotatable bonds is 6. The lowest BCUT2D eigenvalue weighted by molar-refractivity contribution is -0.130. The van der Waals surface area contributed by atoms with Crippen molar-refractivity contribution < 1.29 is 14.0 Å². The third-order valence-electron chi connectivity index (χ3n) is 5.28. The molecule has 1 heterocycles. The average molecular weight is 373 g/mol. The first kappa shape index (κ1) is 19.4. The fraction of sp³-hybridized carbons (Fsp3) is 0.524. The Morgan fingerprint density at radius 2 is 1.89 bits per heavy atom. The number of halogens is 1. The molecule has 0 aromatic heterocycles. The second-order valence-corrected chi connectivity index (χ2v) is 7.29. The van der Waals surface area contributed by atoms with Crippen molar-refractivity contribution in [3.8, 4) is 0 Å². The highest BCUT2D eigenvalue weighted by Gasteiger charge is 2.29. The van der Waals surface area contributed by atoms with Crippen LogP contribution in [0.4, 0.5) is 14.9 Å². The first-order valence-electron chi connectivity index (χ1n) is 9.94. The number of carbonyl (C=O) groups excluding carboxylic acids is 2. The molecule has 27 heavy (non-hydrogen) atoms. The lowest BCUT2D eigenvalue weighted by Gasteiger charge is -2.38. The van der Waals surface area contributed by atoms with Gasteiger partial charge in [-0.25, -0.2) is 9.18 Å². The molecule has 1 aromatic carbocycles. The van der Waals surface area contributed by atoms with Crippen LogP contribution in [0.15, 0.2) is 36.0 Å². The molecule has 2 aliphatic rings. The van der Waals surface area contributed by atoms with E-state index < -0.39 is 0 Å². The van der Waals surface area contributed by atoms with Gasteiger partial charge in [0, 0.05) is 30.9 Å². The molecule has 1 saturated heterocycles. The Balaban J connectivity index is 1.33. The minimum Gasteiger partial charge on any atom is -0.338 e. The van der Waals surface area contributed by atoms with E-state index in [1.807, 2.05) is 4.90 Å². The van der Waals surface area contributed by atoms with Crippen LogP contribution in [0.2, 0.25) is 0 Å². The number of fused-ring (bicyclic) bond motifs is 1. The van der Waals surface area contributed by atoms with E-state index in [2.05, 4.69) is 16.7 Å². The fourth-order valence-corrected chi connectivity index (χ4v) is 3.89. The normalized spacial score (nSPS) is 19.1. The lowest BCUT2D eigenvalue weighted by atomic mass is 9.85. The molecule has 0 spiro atoms. The summed E-state index contributed by atoms with van der Waals surface area (Å²) in [6, 6.07) is 5.31. The number of amides is 3. The lowest BCUT2D eigenvalue weighted by Crippen LogP contribution is -2.39. The highest BCUT2D eigenvalue weighted by atomic mass is 19.1. The topological polar surface area (TPSA) is 61.4 Å². The van der Waals surface area contributed by atoms with Gasteiger partial charge < -0.3 is 15.5 Å². The van der Waals surface area contributed by atoms with E-state index in [4.69, 9.17) is 0 Å². The summed E-state index contributed by atoms with van der Waals surface area (Å²) >= 11 is 0. The Hall–Kier alpha value is -2.37. The van der Waals surface area contributed by atoms with Gasteiger partial charge in [0.25, 0.3) is 0 Å². The van der Waals surface area contributed by atoms with Gasteiger partial charge in [-0.05, 0) is 75.1 Å². The van der Waals surface area contributed by atoms with Gasteiger partial charge in [-0.1, -0.05) is 6.08 Å². The third-order valence-corrected chi connectivity index (χ3v) is 5.28. The van der Waals surface area contributed by atoms with Crippen molar-refractivity contribution in [2.24, 2.45) is 5.92 Å². The van der Waals surface area contributed by atoms with E-state index in [9.17, 15) is 14.0 Å². The first-order valence-corrected chi connectivity index (χ1v) is 9.94. The van der Waals surface area contributed by atoms with Crippen molar-refractivity contribution in [3.05, 3.63) is 41.9 Å². The number of nitrogens with one attached hydrogen (secondary N) is 2. The number of anilines is 1. The van der Waals surface area contributed by atoms with Crippen LogP contribution in [0.1, 0.15) is 51.4 Å². The van der Waals surface area contributed by atoms with E-state index >= 15 is 0 Å². The maximum atomic E-state index is 12.8. The molecule has 3 rings (SSSR count). The van der Waals surface area contributed by atoms with Gasteiger partial charge in [-0.2, -0.15) is 0 Å². The Bertz CT molecular complexity index is 687. The van der Waals surface area contributed by atoms with Crippen molar-refractivity contribution in [2.75, 3.05) is 18.4 Å². The number of nitrogens with zero attached hydrogens (tertiary/aromatic N) is 1. The van der Waals surface area contributed by atoms with Gasteiger partial charge >= 0.3 is 6.03 Å². The van der Waals surface area contributed by atoms with Crippen LogP contribution in [0.3, 0.4) is 0 Å². The number of piperidine rings is 1. The number of hydrogen-bond donors (Lipinski definition) is 2. The molecule has 146 valence electrons. The number of benzene rings is 1. The molecule has 1 aliphatic carbocycles. The molecule has 1 unspecified atom stereocenters. The van der Waals surface area contributed by atoms with Crippen LogP contribution >= 0.6 is 0 Å². The number of hydrogen-bond acceptors (Lipinski definition) is 2. The summed E-state index contributed by atoms with van der Waals surface area (Å²) in [7, 11) is 0. The Labute approximate surface area is 160 Å². The van der Waals surface area contributed by atoms with Crippen LogP contribution in [-0.4, -0.2) is 29.9 Å². The molecule has 1 aliphatic heterocycles. The van der Waals surface area contributed by atoms with Crippen LogP contribution in [0.25, 0.3) is 0 Å². The van der Waals surface area contributed by atoms with E-state index in [-0.39, 0.29) is 17.8 Å². The quantitative estimate of drug-likeness (QED) is 0.725. The second kappa shape index (κ2) is 9.53. The average Bonchev–Trinajstić information content (AvgIpc) is 2.69. The summed E-state index contributed by atoms with van der Waals surface area (Å²) in [4.78, 5) is 26.4. The molecule has 5 nitrogen and oxygen atoms in total.